The molecule has 0 radical (unpaired) electrons. The Balaban J connectivity index is 0.00000182. The molecule has 7 heteroatoms. The molecule has 2 atom stereocenters. The molecule has 0 aliphatic carbocycles. The Kier molecular flexibility index (Phi) is 5.39. The third kappa shape index (κ3) is 3.85. The molecule has 2 fully saturated rings. The number of carbonyl (C=O) groups excluding carboxylic acids is 1. The predicted molar refractivity (Wildman–Crippen MR) is 99.0 cm³/mol. The van der Waals surface area contributed by atoms with Gasteiger partial charge in [0.2, 0.25) is 5.91 Å². The highest BCUT2D eigenvalue weighted by Gasteiger charge is 2.33. The Hall–Kier alpha value is -1.92. The van der Waals surface area contributed by atoms with Gasteiger partial charge in [0.25, 0.3) is 5.56 Å². The van der Waals surface area contributed by atoms with Crippen molar-refractivity contribution in [1.82, 2.24) is 20.2 Å². The minimum atomic E-state index is -0.0895. The molecule has 2 saturated heterocycles. The van der Waals surface area contributed by atoms with Gasteiger partial charge >= 0.3 is 0 Å². The van der Waals surface area contributed by atoms with Crippen molar-refractivity contribution in [1.29, 1.82) is 0 Å². The molecule has 2 unspecified atom stereocenters. The van der Waals surface area contributed by atoms with Crippen molar-refractivity contribution in [2.45, 2.75) is 56.8 Å². The Morgan fingerprint density at radius 1 is 1.24 bits per heavy atom. The van der Waals surface area contributed by atoms with E-state index in [0.29, 0.717) is 36.0 Å². The van der Waals surface area contributed by atoms with E-state index in [0.717, 1.165) is 12.8 Å². The van der Waals surface area contributed by atoms with Gasteiger partial charge in [-0.25, -0.2) is 4.98 Å². The van der Waals surface area contributed by atoms with Crippen LogP contribution in [0, 0.1) is 0 Å². The fraction of sp³-hybridized carbons (Fsp3) is 0.500. The number of hydrogen-bond acceptors (Lipinski definition) is 4. The van der Waals surface area contributed by atoms with Crippen molar-refractivity contribution in [3.05, 3.63) is 40.9 Å². The molecule has 1 amide bonds. The number of benzene rings is 1. The molecular weight excluding hydrogens is 340 g/mol. The third-order valence-electron chi connectivity index (χ3n) is 5.15. The van der Waals surface area contributed by atoms with E-state index in [2.05, 4.69) is 15.6 Å². The lowest BCUT2D eigenvalue weighted by molar-refractivity contribution is -0.122. The van der Waals surface area contributed by atoms with Crippen molar-refractivity contribution < 1.29 is 4.79 Å². The zero-order valence-electron chi connectivity index (χ0n) is 14.0. The van der Waals surface area contributed by atoms with Gasteiger partial charge in [-0.3, -0.25) is 14.2 Å². The maximum Gasteiger partial charge on any atom is 0.261 e. The van der Waals surface area contributed by atoms with Crippen LogP contribution >= 0.6 is 12.4 Å². The number of amides is 1. The lowest BCUT2D eigenvalue weighted by Crippen LogP contribution is -2.48. The van der Waals surface area contributed by atoms with Crippen LogP contribution in [0.4, 0.5) is 0 Å². The predicted octanol–water partition coefficient (Wildman–Crippen LogP) is 1.61. The average Bonchev–Trinajstić information content (AvgIpc) is 2.93. The smallest absolute Gasteiger partial charge is 0.261 e. The van der Waals surface area contributed by atoms with Crippen LogP contribution in [-0.2, 0) is 11.3 Å². The maximum absolute atomic E-state index is 12.4. The SMILES string of the molecule is Cl.O=C(CCn1cnc2ccccc2c1=O)NC1CC2CCC(C1)N2. The summed E-state index contributed by atoms with van der Waals surface area (Å²) in [6.45, 7) is 0.361. The fourth-order valence-electron chi connectivity index (χ4n) is 3.96. The summed E-state index contributed by atoms with van der Waals surface area (Å²) in [5.41, 5.74) is 0.599. The van der Waals surface area contributed by atoms with Crippen molar-refractivity contribution in [2.24, 2.45) is 0 Å². The highest BCUT2D eigenvalue weighted by molar-refractivity contribution is 5.85. The van der Waals surface area contributed by atoms with Gasteiger partial charge in [-0.1, -0.05) is 12.1 Å². The summed E-state index contributed by atoms with van der Waals surface area (Å²) in [7, 11) is 0. The van der Waals surface area contributed by atoms with Crippen molar-refractivity contribution in [3.8, 4) is 0 Å². The lowest BCUT2D eigenvalue weighted by atomic mass is 10.00. The van der Waals surface area contributed by atoms with Crippen LogP contribution in [0.2, 0.25) is 0 Å². The molecule has 3 heterocycles. The number of nitrogens with one attached hydrogen (secondary N) is 2. The first-order valence-corrected chi connectivity index (χ1v) is 8.68. The number of carbonyl (C=O) groups is 1. The molecule has 1 aromatic carbocycles. The third-order valence-corrected chi connectivity index (χ3v) is 5.15. The zero-order valence-corrected chi connectivity index (χ0v) is 14.8. The number of aryl methyl sites for hydroxylation is 1. The topological polar surface area (TPSA) is 76.0 Å². The molecule has 6 nitrogen and oxygen atoms in total. The number of halogens is 1. The van der Waals surface area contributed by atoms with Crippen LogP contribution < -0.4 is 16.2 Å². The first kappa shape index (κ1) is 17.9. The number of aromatic nitrogens is 2. The maximum atomic E-state index is 12.4. The Labute approximate surface area is 152 Å². The van der Waals surface area contributed by atoms with Gasteiger partial charge in [-0.2, -0.15) is 0 Å². The molecule has 4 rings (SSSR count). The van der Waals surface area contributed by atoms with Gasteiger partial charge in [0, 0.05) is 31.1 Å². The Morgan fingerprint density at radius 2 is 1.96 bits per heavy atom. The highest BCUT2D eigenvalue weighted by Crippen LogP contribution is 2.26. The summed E-state index contributed by atoms with van der Waals surface area (Å²) in [5.74, 6) is 0.0151. The zero-order chi connectivity index (χ0) is 16.5. The van der Waals surface area contributed by atoms with E-state index in [9.17, 15) is 9.59 Å². The van der Waals surface area contributed by atoms with Crippen LogP contribution in [0.3, 0.4) is 0 Å². The number of nitrogens with zero attached hydrogens (tertiary/aromatic N) is 2. The van der Waals surface area contributed by atoms with Gasteiger partial charge in [0.15, 0.2) is 0 Å². The van der Waals surface area contributed by atoms with Gasteiger partial charge in [0.1, 0.15) is 0 Å². The summed E-state index contributed by atoms with van der Waals surface area (Å²) in [6.07, 6.45) is 6.30. The van der Waals surface area contributed by atoms with E-state index < -0.39 is 0 Å². The summed E-state index contributed by atoms with van der Waals surface area (Å²) < 4.78 is 1.52. The summed E-state index contributed by atoms with van der Waals surface area (Å²) in [4.78, 5) is 28.9. The molecule has 25 heavy (non-hydrogen) atoms. The lowest BCUT2D eigenvalue weighted by Gasteiger charge is -2.29. The number of hydrogen-bond donors (Lipinski definition) is 2. The largest absolute Gasteiger partial charge is 0.353 e. The van der Waals surface area contributed by atoms with Gasteiger partial charge in [-0.05, 0) is 37.8 Å². The second-order valence-electron chi connectivity index (χ2n) is 6.88. The Morgan fingerprint density at radius 3 is 2.72 bits per heavy atom. The van der Waals surface area contributed by atoms with Crippen molar-refractivity contribution in [2.75, 3.05) is 0 Å². The van der Waals surface area contributed by atoms with E-state index >= 15 is 0 Å². The fourth-order valence-corrected chi connectivity index (χ4v) is 3.96. The van der Waals surface area contributed by atoms with Crippen LogP contribution in [0.25, 0.3) is 10.9 Å². The average molecular weight is 363 g/mol. The van der Waals surface area contributed by atoms with Gasteiger partial charge < -0.3 is 10.6 Å². The minimum absolute atomic E-state index is 0. The molecule has 2 aliphatic rings. The van der Waals surface area contributed by atoms with E-state index in [1.807, 2.05) is 18.2 Å². The number of piperidine rings is 1. The molecule has 2 aliphatic heterocycles. The first-order chi connectivity index (χ1) is 11.7. The molecule has 2 N–H and O–H groups in total. The molecule has 2 bridgehead atoms. The Bertz CT molecular complexity index is 810. The monoisotopic (exact) mass is 362 g/mol. The van der Waals surface area contributed by atoms with Crippen molar-refractivity contribution >= 4 is 29.2 Å². The molecular formula is C18H23ClN4O2. The van der Waals surface area contributed by atoms with E-state index in [1.54, 1.807) is 6.07 Å². The number of para-hydroxylation sites is 1. The molecule has 1 aromatic heterocycles. The first-order valence-electron chi connectivity index (χ1n) is 8.68. The quantitative estimate of drug-likeness (QED) is 0.866. The second-order valence-corrected chi connectivity index (χ2v) is 6.88. The van der Waals surface area contributed by atoms with E-state index in [4.69, 9.17) is 0 Å². The molecule has 134 valence electrons. The number of fused-ring (bicyclic) bond motifs is 3. The minimum Gasteiger partial charge on any atom is -0.353 e. The molecule has 0 spiro atoms. The molecule has 2 aromatic rings. The van der Waals surface area contributed by atoms with Crippen LogP contribution in [0.15, 0.2) is 35.4 Å². The molecule has 0 saturated carbocycles. The normalized spacial score (nSPS) is 24.7. The van der Waals surface area contributed by atoms with E-state index in [-0.39, 0.29) is 29.9 Å². The van der Waals surface area contributed by atoms with E-state index in [1.165, 1.54) is 23.7 Å². The van der Waals surface area contributed by atoms with Gasteiger partial charge in [-0.15, -0.1) is 12.4 Å². The standard InChI is InChI=1S/C18H22N4O2.ClH/c23-17(21-14-9-12-5-6-13(10-14)20-12)7-8-22-11-19-16-4-2-1-3-15(16)18(22)24;/h1-4,11-14,20H,5-10H2,(H,21,23);1H. The van der Waals surface area contributed by atoms with Crippen LogP contribution in [0.5, 0.6) is 0 Å². The van der Waals surface area contributed by atoms with Crippen LogP contribution in [0.1, 0.15) is 32.1 Å². The van der Waals surface area contributed by atoms with Crippen molar-refractivity contribution in [3.63, 3.8) is 0 Å². The number of rotatable bonds is 4. The highest BCUT2D eigenvalue weighted by atomic mass is 35.5. The second kappa shape index (κ2) is 7.54. The summed E-state index contributed by atoms with van der Waals surface area (Å²) in [6, 6.07) is 8.66. The summed E-state index contributed by atoms with van der Waals surface area (Å²) >= 11 is 0. The summed E-state index contributed by atoms with van der Waals surface area (Å²) in [5, 5.41) is 7.30. The van der Waals surface area contributed by atoms with Crippen LogP contribution in [-0.4, -0.2) is 33.6 Å². The van der Waals surface area contributed by atoms with Gasteiger partial charge in [0.05, 0.1) is 17.2 Å².